The van der Waals surface area contributed by atoms with Crippen LogP contribution in [0.15, 0.2) is 37.1 Å². The van der Waals surface area contributed by atoms with Crippen molar-refractivity contribution in [3.8, 4) is 0 Å². The highest BCUT2D eigenvalue weighted by atomic mass is 15.3. The van der Waals surface area contributed by atoms with Crippen LogP contribution >= 0.6 is 0 Å². The van der Waals surface area contributed by atoms with Crippen LogP contribution in [0.4, 0.5) is 5.82 Å². The van der Waals surface area contributed by atoms with Crippen molar-refractivity contribution in [1.29, 1.82) is 0 Å². The van der Waals surface area contributed by atoms with E-state index in [1.54, 1.807) is 17.0 Å². The molecule has 0 amide bonds. The quantitative estimate of drug-likeness (QED) is 0.740. The summed E-state index contributed by atoms with van der Waals surface area (Å²) in [5, 5.41) is 4.08. The summed E-state index contributed by atoms with van der Waals surface area (Å²) in [6.07, 6.45) is 9.32. The topological polar surface area (TPSA) is 43.8 Å². The van der Waals surface area contributed by atoms with Crippen molar-refractivity contribution in [1.82, 2.24) is 9.78 Å². The minimum absolute atomic E-state index is 0.673. The number of hydrogen-bond acceptors (Lipinski definition) is 2. The molecule has 0 aromatic carbocycles. The van der Waals surface area contributed by atoms with Gasteiger partial charge in [-0.05, 0) is 12.5 Å². The van der Waals surface area contributed by atoms with Crippen LogP contribution in [0.25, 0.3) is 5.57 Å². The van der Waals surface area contributed by atoms with E-state index in [9.17, 15) is 0 Å². The van der Waals surface area contributed by atoms with Crippen LogP contribution in [0.3, 0.4) is 0 Å². The predicted molar refractivity (Wildman–Crippen MR) is 60.6 cm³/mol. The molecule has 74 valence electrons. The van der Waals surface area contributed by atoms with Crippen molar-refractivity contribution in [2.24, 2.45) is 7.05 Å². The highest BCUT2D eigenvalue weighted by Crippen LogP contribution is 2.21. The number of hydrogen-bond donors (Lipinski definition) is 1. The van der Waals surface area contributed by atoms with Gasteiger partial charge in [0.2, 0.25) is 0 Å². The zero-order valence-electron chi connectivity index (χ0n) is 8.57. The van der Waals surface area contributed by atoms with Crippen molar-refractivity contribution >= 4 is 11.4 Å². The lowest BCUT2D eigenvalue weighted by Crippen LogP contribution is -1.98. The summed E-state index contributed by atoms with van der Waals surface area (Å²) in [6.45, 7) is 5.59. The predicted octanol–water partition coefficient (Wildman–Crippen LogP) is 2.15. The van der Waals surface area contributed by atoms with Gasteiger partial charge < -0.3 is 5.73 Å². The SMILES string of the molecule is C=C/C=C\C(=C/C)c1cnn(C)c1N. The smallest absolute Gasteiger partial charge is 0.129 e. The highest BCUT2D eigenvalue weighted by Gasteiger charge is 2.06. The Morgan fingerprint density at radius 2 is 2.36 bits per heavy atom. The second-order valence-corrected chi connectivity index (χ2v) is 2.91. The van der Waals surface area contributed by atoms with Gasteiger partial charge in [0.15, 0.2) is 0 Å². The summed E-state index contributed by atoms with van der Waals surface area (Å²) in [5.41, 5.74) is 7.85. The van der Waals surface area contributed by atoms with Gasteiger partial charge in [0.1, 0.15) is 5.82 Å². The van der Waals surface area contributed by atoms with Crippen LogP contribution in [0.2, 0.25) is 0 Å². The molecular formula is C11H15N3. The standard InChI is InChI=1S/C11H15N3/c1-4-6-7-9(5-2)10-8-13-14(3)11(10)12/h4-8H,1,12H2,2-3H3/b7-6-,9-5+. The first-order valence-corrected chi connectivity index (χ1v) is 4.44. The van der Waals surface area contributed by atoms with Crippen LogP contribution < -0.4 is 5.73 Å². The largest absolute Gasteiger partial charge is 0.383 e. The van der Waals surface area contributed by atoms with Crippen molar-refractivity contribution < 1.29 is 0 Å². The molecule has 0 spiro atoms. The normalized spacial score (nSPS) is 12.3. The third kappa shape index (κ3) is 1.93. The van der Waals surface area contributed by atoms with E-state index in [-0.39, 0.29) is 0 Å². The van der Waals surface area contributed by atoms with Crippen LogP contribution in [-0.2, 0) is 7.05 Å². The number of nitrogen functional groups attached to an aromatic ring is 1. The maximum absolute atomic E-state index is 5.85. The Balaban J connectivity index is 3.08. The zero-order chi connectivity index (χ0) is 10.6. The average molecular weight is 189 g/mol. The van der Waals surface area contributed by atoms with Crippen molar-refractivity contribution in [2.45, 2.75) is 6.92 Å². The molecule has 14 heavy (non-hydrogen) atoms. The van der Waals surface area contributed by atoms with E-state index in [0.717, 1.165) is 11.1 Å². The minimum Gasteiger partial charge on any atom is -0.383 e. The Kier molecular flexibility index (Phi) is 3.29. The Labute approximate surface area is 84.2 Å². The lowest BCUT2D eigenvalue weighted by Gasteiger charge is -2.00. The molecule has 0 saturated heterocycles. The Hall–Kier alpha value is -1.77. The first-order chi connectivity index (χ1) is 6.70. The van der Waals surface area contributed by atoms with Gasteiger partial charge in [-0.15, -0.1) is 0 Å². The molecule has 1 heterocycles. The molecule has 0 saturated carbocycles. The molecule has 0 bridgehead atoms. The summed E-state index contributed by atoms with van der Waals surface area (Å²) < 4.78 is 1.65. The molecule has 1 aromatic heterocycles. The van der Waals surface area contributed by atoms with E-state index in [2.05, 4.69) is 11.7 Å². The summed E-state index contributed by atoms with van der Waals surface area (Å²) >= 11 is 0. The third-order valence-corrected chi connectivity index (χ3v) is 2.02. The molecule has 0 aliphatic carbocycles. The lowest BCUT2D eigenvalue weighted by atomic mass is 10.1. The van der Waals surface area contributed by atoms with Gasteiger partial charge in [-0.1, -0.05) is 30.9 Å². The Morgan fingerprint density at radius 3 is 2.79 bits per heavy atom. The van der Waals surface area contributed by atoms with Crippen molar-refractivity contribution in [3.63, 3.8) is 0 Å². The van der Waals surface area contributed by atoms with E-state index in [1.807, 2.05) is 32.2 Å². The fourth-order valence-corrected chi connectivity index (χ4v) is 1.18. The van der Waals surface area contributed by atoms with Crippen molar-refractivity contribution in [3.05, 3.63) is 42.6 Å². The highest BCUT2D eigenvalue weighted by molar-refractivity contribution is 5.79. The van der Waals surface area contributed by atoms with Crippen LogP contribution in [0.1, 0.15) is 12.5 Å². The number of rotatable bonds is 3. The summed E-state index contributed by atoms with van der Waals surface area (Å²) in [4.78, 5) is 0. The lowest BCUT2D eigenvalue weighted by molar-refractivity contribution is 0.779. The van der Waals surface area contributed by atoms with E-state index in [4.69, 9.17) is 5.73 Å². The van der Waals surface area contributed by atoms with Crippen LogP contribution in [0, 0.1) is 0 Å². The number of allylic oxidation sites excluding steroid dienone is 5. The molecule has 2 N–H and O–H groups in total. The maximum Gasteiger partial charge on any atom is 0.129 e. The molecule has 0 fully saturated rings. The molecule has 0 aliphatic heterocycles. The van der Waals surface area contributed by atoms with E-state index < -0.39 is 0 Å². The van der Waals surface area contributed by atoms with Gasteiger partial charge in [-0.25, -0.2) is 0 Å². The van der Waals surface area contributed by atoms with Crippen molar-refractivity contribution in [2.75, 3.05) is 5.73 Å². The Morgan fingerprint density at radius 1 is 1.64 bits per heavy atom. The molecule has 1 aromatic rings. The first-order valence-electron chi connectivity index (χ1n) is 4.44. The third-order valence-electron chi connectivity index (χ3n) is 2.02. The molecule has 3 nitrogen and oxygen atoms in total. The number of aromatic nitrogens is 2. The fraction of sp³-hybridized carbons (Fsp3) is 0.182. The fourth-order valence-electron chi connectivity index (χ4n) is 1.18. The second kappa shape index (κ2) is 4.46. The first kappa shape index (κ1) is 10.3. The van der Waals surface area contributed by atoms with Gasteiger partial charge in [-0.2, -0.15) is 5.10 Å². The molecule has 0 aliphatic rings. The van der Waals surface area contributed by atoms with Crippen LogP contribution in [-0.4, -0.2) is 9.78 Å². The van der Waals surface area contributed by atoms with E-state index in [1.165, 1.54) is 0 Å². The second-order valence-electron chi connectivity index (χ2n) is 2.91. The minimum atomic E-state index is 0.673. The molecule has 3 heteroatoms. The maximum atomic E-state index is 5.85. The Bertz CT molecular complexity index is 383. The number of nitrogens with zero attached hydrogens (tertiary/aromatic N) is 2. The van der Waals surface area contributed by atoms with Gasteiger partial charge in [0, 0.05) is 12.6 Å². The zero-order valence-corrected chi connectivity index (χ0v) is 8.57. The monoisotopic (exact) mass is 189 g/mol. The summed E-state index contributed by atoms with van der Waals surface area (Å²) in [7, 11) is 1.82. The number of nitrogens with two attached hydrogens (primary N) is 1. The summed E-state index contributed by atoms with van der Waals surface area (Å²) in [6, 6.07) is 0. The number of aryl methyl sites for hydroxylation is 1. The van der Waals surface area contributed by atoms with Gasteiger partial charge >= 0.3 is 0 Å². The molecule has 1 rings (SSSR count). The van der Waals surface area contributed by atoms with Gasteiger partial charge in [0.05, 0.1) is 6.20 Å². The van der Waals surface area contributed by atoms with E-state index >= 15 is 0 Å². The summed E-state index contributed by atoms with van der Waals surface area (Å²) in [5.74, 6) is 0.673. The molecule has 0 unspecified atom stereocenters. The molecular weight excluding hydrogens is 174 g/mol. The van der Waals surface area contributed by atoms with Gasteiger partial charge in [-0.3, -0.25) is 4.68 Å². The van der Waals surface area contributed by atoms with E-state index in [0.29, 0.717) is 5.82 Å². The average Bonchev–Trinajstić information content (AvgIpc) is 2.51. The van der Waals surface area contributed by atoms with Crippen LogP contribution in [0.5, 0.6) is 0 Å². The molecule has 0 atom stereocenters. The molecule has 0 radical (unpaired) electrons. The van der Waals surface area contributed by atoms with Gasteiger partial charge in [0.25, 0.3) is 0 Å². The number of anilines is 1.